The minimum absolute atomic E-state index is 1.06. The van der Waals surface area contributed by atoms with Gasteiger partial charge in [0.15, 0.2) is 0 Å². The van der Waals surface area contributed by atoms with Crippen molar-refractivity contribution in [1.82, 2.24) is 0 Å². The van der Waals surface area contributed by atoms with Gasteiger partial charge in [-0.1, -0.05) is 18.2 Å². The van der Waals surface area contributed by atoms with Crippen LogP contribution in [-0.4, -0.2) is 7.05 Å². The first-order valence-electron chi connectivity index (χ1n) is 4.92. The van der Waals surface area contributed by atoms with Crippen molar-refractivity contribution < 1.29 is 0 Å². The van der Waals surface area contributed by atoms with Crippen LogP contribution >= 0.6 is 31.9 Å². The standard InChI is InChI=1S/C13H11Br2N/c1-16(10-5-3-2-4-6-10)11-7-8-12(14)13(15)9-11/h2-9H,1H3. The number of halogens is 2. The van der Waals surface area contributed by atoms with Crippen LogP contribution in [0.2, 0.25) is 0 Å². The Morgan fingerprint density at radius 1 is 0.812 bits per heavy atom. The summed E-state index contributed by atoms with van der Waals surface area (Å²) >= 11 is 6.98. The molecule has 0 aliphatic rings. The molecule has 0 unspecified atom stereocenters. The fourth-order valence-electron chi connectivity index (χ4n) is 1.49. The van der Waals surface area contributed by atoms with Crippen molar-refractivity contribution in [2.75, 3.05) is 11.9 Å². The smallest absolute Gasteiger partial charge is 0.0420 e. The lowest BCUT2D eigenvalue weighted by Gasteiger charge is -2.19. The second-order valence-corrected chi connectivity index (χ2v) is 5.20. The van der Waals surface area contributed by atoms with Crippen LogP contribution in [0.25, 0.3) is 0 Å². The predicted octanol–water partition coefficient (Wildman–Crippen LogP) is 4.98. The van der Waals surface area contributed by atoms with Gasteiger partial charge in [0.25, 0.3) is 0 Å². The van der Waals surface area contributed by atoms with Crippen LogP contribution in [0.15, 0.2) is 57.5 Å². The third-order valence-electron chi connectivity index (χ3n) is 2.43. The third-order valence-corrected chi connectivity index (χ3v) is 4.31. The number of hydrogen-bond donors (Lipinski definition) is 0. The Bertz CT molecular complexity index is 483. The zero-order chi connectivity index (χ0) is 11.5. The molecule has 0 bridgehead atoms. The zero-order valence-corrected chi connectivity index (χ0v) is 12.0. The van der Waals surface area contributed by atoms with Gasteiger partial charge in [0.2, 0.25) is 0 Å². The van der Waals surface area contributed by atoms with Crippen molar-refractivity contribution in [3.63, 3.8) is 0 Å². The molecule has 0 amide bonds. The fraction of sp³-hybridized carbons (Fsp3) is 0.0769. The second-order valence-electron chi connectivity index (χ2n) is 3.49. The molecule has 0 atom stereocenters. The average Bonchev–Trinajstić information content (AvgIpc) is 2.33. The summed E-state index contributed by atoms with van der Waals surface area (Å²) in [7, 11) is 2.06. The van der Waals surface area contributed by atoms with Crippen LogP contribution in [0.3, 0.4) is 0 Å². The van der Waals surface area contributed by atoms with Gasteiger partial charge in [-0.05, 0) is 62.2 Å². The molecule has 3 heteroatoms. The summed E-state index contributed by atoms with van der Waals surface area (Å²) in [5.41, 5.74) is 2.33. The topological polar surface area (TPSA) is 3.24 Å². The van der Waals surface area contributed by atoms with Gasteiger partial charge in [-0.2, -0.15) is 0 Å². The van der Waals surface area contributed by atoms with E-state index in [1.165, 1.54) is 5.69 Å². The first-order valence-corrected chi connectivity index (χ1v) is 6.51. The maximum atomic E-state index is 3.51. The molecule has 2 aromatic carbocycles. The Labute approximate surface area is 112 Å². The van der Waals surface area contributed by atoms with E-state index in [2.05, 4.69) is 68.1 Å². The van der Waals surface area contributed by atoms with Crippen molar-refractivity contribution in [1.29, 1.82) is 0 Å². The molecule has 0 heterocycles. The summed E-state index contributed by atoms with van der Waals surface area (Å²) in [6.45, 7) is 0. The molecule has 0 radical (unpaired) electrons. The van der Waals surface area contributed by atoms with Gasteiger partial charge in [-0.3, -0.25) is 0 Å². The van der Waals surface area contributed by atoms with Crippen molar-refractivity contribution in [2.24, 2.45) is 0 Å². The highest BCUT2D eigenvalue weighted by Gasteiger charge is 2.05. The monoisotopic (exact) mass is 339 g/mol. The van der Waals surface area contributed by atoms with Crippen LogP contribution in [0.1, 0.15) is 0 Å². The highest BCUT2D eigenvalue weighted by atomic mass is 79.9. The Kier molecular flexibility index (Phi) is 3.66. The van der Waals surface area contributed by atoms with Gasteiger partial charge in [-0.25, -0.2) is 0 Å². The summed E-state index contributed by atoms with van der Waals surface area (Å²) in [5, 5.41) is 0. The normalized spacial score (nSPS) is 10.2. The van der Waals surface area contributed by atoms with Crippen LogP contribution in [-0.2, 0) is 0 Å². The minimum atomic E-state index is 1.06. The molecule has 2 rings (SSSR count). The number of anilines is 2. The molecule has 0 saturated carbocycles. The molecule has 0 aliphatic carbocycles. The Morgan fingerprint density at radius 2 is 1.50 bits per heavy atom. The Balaban J connectivity index is 2.34. The molecule has 0 saturated heterocycles. The van der Waals surface area contributed by atoms with E-state index < -0.39 is 0 Å². The van der Waals surface area contributed by atoms with E-state index in [0.29, 0.717) is 0 Å². The Morgan fingerprint density at radius 3 is 2.12 bits per heavy atom. The van der Waals surface area contributed by atoms with Gasteiger partial charge < -0.3 is 4.90 Å². The van der Waals surface area contributed by atoms with Crippen LogP contribution < -0.4 is 4.90 Å². The highest BCUT2D eigenvalue weighted by molar-refractivity contribution is 9.13. The van der Waals surface area contributed by atoms with Crippen LogP contribution in [0, 0.1) is 0 Å². The van der Waals surface area contributed by atoms with Crippen molar-refractivity contribution in [3.8, 4) is 0 Å². The molecular formula is C13H11Br2N. The van der Waals surface area contributed by atoms with Crippen LogP contribution in [0.4, 0.5) is 11.4 Å². The number of hydrogen-bond acceptors (Lipinski definition) is 1. The summed E-state index contributed by atoms with van der Waals surface area (Å²) < 4.78 is 2.13. The van der Waals surface area contributed by atoms with E-state index in [1.807, 2.05) is 24.3 Å². The fourth-order valence-corrected chi connectivity index (χ4v) is 2.11. The molecule has 2 aromatic rings. The largest absolute Gasteiger partial charge is 0.345 e. The zero-order valence-electron chi connectivity index (χ0n) is 8.82. The number of para-hydroxylation sites is 1. The van der Waals surface area contributed by atoms with Gasteiger partial charge in [0.05, 0.1) is 0 Å². The van der Waals surface area contributed by atoms with Gasteiger partial charge >= 0.3 is 0 Å². The van der Waals surface area contributed by atoms with E-state index in [9.17, 15) is 0 Å². The quantitative estimate of drug-likeness (QED) is 0.745. The molecule has 16 heavy (non-hydrogen) atoms. The second kappa shape index (κ2) is 5.02. The lowest BCUT2D eigenvalue weighted by Crippen LogP contribution is -2.08. The predicted molar refractivity (Wildman–Crippen MR) is 76.3 cm³/mol. The first kappa shape index (κ1) is 11.7. The lowest BCUT2D eigenvalue weighted by molar-refractivity contribution is 1.20. The SMILES string of the molecule is CN(c1ccccc1)c1ccc(Br)c(Br)c1. The van der Waals surface area contributed by atoms with Gasteiger partial charge in [0, 0.05) is 27.4 Å². The molecule has 0 fully saturated rings. The average molecular weight is 341 g/mol. The molecular weight excluding hydrogens is 330 g/mol. The summed E-state index contributed by atoms with van der Waals surface area (Å²) in [6.07, 6.45) is 0. The van der Waals surface area contributed by atoms with Crippen molar-refractivity contribution in [3.05, 3.63) is 57.5 Å². The van der Waals surface area contributed by atoms with E-state index in [-0.39, 0.29) is 0 Å². The molecule has 1 nitrogen and oxygen atoms in total. The van der Waals surface area contributed by atoms with Gasteiger partial charge in [0.1, 0.15) is 0 Å². The van der Waals surface area contributed by atoms with Crippen molar-refractivity contribution in [2.45, 2.75) is 0 Å². The Hall–Kier alpha value is -0.800. The lowest BCUT2D eigenvalue weighted by atomic mass is 10.2. The summed E-state index contributed by atoms with van der Waals surface area (Å²) in [6, 6.07) is 16.5. The number of benzene rings is 2. The molecule has 0 N–H and O–H groups in total. The first-order chi connectivity index (χ1) is 7.68. The van der Waals surface area contributed by atoms with Gasteiger partial charge in [-0.15, -0.1) is 0 Å². The van der Waals surface area contributed by atoms with Crippen LogP contribution in [0.5, 0.6) is 0 Å². The molecule has 0 aromatic heterocycles. The molecule has 82 valence electrons. The maximum Gasteiger partial charge on any atom is 0.0420 e. The molecule has 0 aliphatic heterocycles. The number of nitrogens with zero attached hydrogens (tertiary/aromatic N) is 1. The van der Waals surface area contributed by atoms with E-state index in [1.54, 1.807) is 0 Å². The molecule has 0 spiro atoms. The summed E-state index contributed by atoms with van der Waals surface area (Å²) in [5.74, 6) is 0. The summed E-state index contributed by atoms with van der Waals surface area (Å²) in [4.78, 5) is 2.15. The maximum absolute atomic E-state index is 3.51. The number of rotatable bonds is 2. The van der Waals surface area contributed by atoms with E-state index in [4.69, 9.17) is 0 Å². The van der Waals surface area contributed by atoms with Crippen molar-refractivity contribution >= 4 is 43.2 Å². The third kappa shape index (κ3) is 2.47. The minimum Gasteiger partial charge on any atom is -0.345 e. The van der Waals surface area contributed by atoms with E-state index in [0.717, 1.165) is 14.6 Å². The highest BCUT2D eigenvalue weighted by Crippen LogP contribution is 2.30. The van der Waals surface area contributed by atoms with E-state index >= 15 is 0 Å².